The maximum atomic E-state index is 5.43. The lowest BCUT2D eigenvalue weighted by Crippen LogP contribution is -2.23. The summed E-state index contributed by atoms with van der Waals surface area (Å²) in [6, 6.07) is 0. The Hall–Kier alpha value is -1.63. The highest BCUT2D eigenvalue weighted by Crippen LogP contribution is 2.18. The van der Waals surface area contributed by atoms with Gasteiger partial charge >= 0.3 is 0 Å². The van der Waals surface area contributed by atoms with E-state index < -0.39 is 0 Å². The maximum absolute atomic E-state index is 5.43. The molecule has 1 saturated heterocycles. The van der Waals surface area contributed by atoms with E-state index in [9.17, 15) is 0 Å². The highest BCUT2D eigenvalue weighted by molar-refractivity contribution is 5.43. The predicted molar refractivity (Wildman–Crippen MR) is 81.7 cm³/mol. The van der Waals surface area contributed by atoms with E-state index in [0.717, 1.165) is 26.1 Å². The topological polar surface area (TPSA) is 92.0 Å². The second-order valence-electron chi connectivity index (χ2n) is 5.11. The summed E-state index contributed by atoms with van der Waals surface area (Å²) in [5.41, 5.74) is 2.51. The summed E-state index contributed by atoms with van der Waals surface area (Å²) in [6.45, 7) is 5.10. The van der Waals surface area contributed by atoms with Crippen LogP contribution in [0.15, 0.2) is 0 Å². The molecule has 0 aromatic carbocycles. The van der Waals surface area contributed by atoms with Crippen LogP contribution in [0, 0.1) is 0 Å². The standard InChI is InChI=1S/C13H25N7/c1-2-3-4-5-8-15-11-16-12(19-14)18-13(17-11)20-9-6-7-10-20/h2-10,14H2,1H3,(H2,15,16,17,18,19). The summed E-state index contributed by atoms with van der Waals surface area (Å²) in [6.07, 6.45) is 7.26. The van der Waals surface area contributed by atoms with Crippen LogP contribution in [-0.2, 0) is 0 Å². The first-order chi connectivity index (χ1) is 9.83. The lowest BCUT2D eigenvalue weighted by molar-refractivity contribution is 0.683. The summed E-state index contributed by atoms with van der Waals surface area (Å²) in [5, 5.41) is 3.26. The molecule has 0 saturated carbocycles. The van der Waals surface area contributed by atoms with Gasteiger partial charge in [-0.25, -0.2) is 5.84 Å². The molecule has 1 aliphatic heterocycles. The summed E-state index contributed by atoms with van der Waals surface area (Å²) in [4.78, 5) is 15.2. The number of nitrogen functional groups attached to an aromatic ring is 1. The van der Waals surface area contributed by atoms with Gasteiger partial charge in [0.2, 0.25) is 17.8 Å². The lowest BCUT2D eigenvalue weighted by Gasteiger charge is -2.16. The molecule has 4 N–H and O–H groups in total. The van der Waals surface area contributed by atoms with Crippen molar-refractivity contribution in [2.45, 2.75) is 45.4 Å². The third-order valence-electron chi connectivity index (χ3n) is 3.46. The highest BCUT2D eigenvalue weighted by atomic mass is 15.4. The molecule has 7 heteroatoms. The van der Waals surface area contributed by atoms with Gasteiger partial charge in [-0.3, -0.25) is 5.43 Å². The molecule has 0 aliphatic carbocycles. The predicted octanol–water partition coefficient (Wildman–Crippen LogP) is 1.75. The lowest BCUT2D eigenvalue weighted by atomic mass is 10.2. The number of hydrogen-bond donors (Lipinski definition) is 3. The molecule has 0 atom stereocenters. The molecule has 0 unspecified atom stereocenters. The van der Waals surface area contributed by atoms with Crippen LogP contribution in [0.25, 0.3) is 0 Å². The van der Waals surface area contributed by atoms with Gasteiger partial charge in [0.15, 0.2) is 0 Å². The van der Waals surface area contributed by atoms with Gasteiger partial charge in [-0.15, -0.1) is 0 Å². The van der Waals surface area contributed by atoms with Crippen LogP contribution in [0.2, 0.25) is 0 Å². The largest absolute Gasteiger partial charge is 0.354 e. The number of aromatic nitrogens is 3. The van der Waals surface area contributed by atoms with E-state index >= 15 is 0 Å². The summed E-state index contributed by atoms with van der Waals surface area (Å²) < 4.78 is 0. The summed E-state index contributed by atoms with van der Waals surface area (Å²) in [5.74, 6) is 7.16. The molecule has 1 aliphatic rings. The Morgan fingerprint density at radius 2 is 1.80 bits per heavy atom. The minimum absolute atomic E-state index is 0.415. The molecule has 112 valence electrons. The number of nitrogens with one attached hydrogen (secondary N) is 2. The first-order valence-corrected chi connectivity index (χ1v) is 7.55. The fourth-order valence-electron chi connectivity index (χ4n) is 2.32. The molecular formula is C13H25N7. The minimum Gasteiger partial charge on any atom is -0.354 e. The number of unbranched alkanes of at least 4 members (excludes halogenated alkanes) is 3. The van der Waals surface area contributed by atoms with Crippen LogP contribution >= 0.6 is 0 Å². The zero-order valence-corrected chi connectivity index (χ0v) is 12.2. The van der Waals surface area contributed by atoms with Gasteiger partial charge in [-0.05, 0) is 19.3 Å². The zero-order valence-electron chi connectivity index (χ0n) is 12.2. The highest BCUT2D eigenvalue weighted by Gasteiger charge is 2.17. The van der Waals surface area contributed by atoms with Crippen LogP contribution in [0.1, 0.15) is 45.4 Å². The summed E-state index contributed by atoms with van der Waals surface area (Å²) in [7, 11) is 0. The normalized spacial score (nSPS) is 14.6. The van der Waals surface area contributed by atoms with Crippen molar-refractivity contribution in [1.29, 1.82) is 0 Å². The Balaban J connectivity index is 1.94. The molecule has 7 nitrogen and oxygen atoms in total. The minimum atomic E-state index is 0.415. The van der Waals surface area contributed by atoms with Gasteiger partial charge in [0, 0.05) is 19.6 Å². The average molecular weight is 279 g/mol. The van der Waals surface area contributed by atoms with Crippen LogP contribution in [0.4, 0.5) is 17.8 Å². The molecule has 0 bridgehead atoms. The molecule has 1 aromatic heterocycles. The number of anilines is 3. The van der Waals surface area contributed by atoms with E-state index in [0.29, 0.717) is 17.8 Å². The third kappa shape index (κ3) is 4.19. The third-order valence-corrected chi connectivity index (χ3v) is 3.46. The van der Waals surface area contributed by atoms with Gasteiger partial charge in [0.05, 0.1) is 0 Å². The Morgan fingerprint density at radius 3 is 2.50 bits per heavy atom. The molecule has 20 heavy (non-hydrogen) atoms. The Bertz CT molecular complexity index is 404. The molecule has 2 heterocycles. The van der Waals surface area contributed by atoms with E-state index in [1.165, 1.54) is 32.1 Å². The number of nitrogens with zero attached hydrogens (tertiary/aromatic N) is 4. The smallest absolute Gasteiger partial charge is 0.243 e. The number of nitrogens with two attached hydrogens (primary N) is 1. The van der Waals surface area contributed by atoms with Crippen LogP contribution < -0.4 is 21.5 Å². The fraction of sp³-hybridized carbons (Fsp3) is 0.769. The Morgan fingerprint density at radius 1 is 1.05 bits per heavy atom. The molecular weight excluding hydrogens is 254 g/mol. The SMILES string of the molecule is CCCCCCNc1nc(NN)nc(N2CCCC2)n1. The molecule has 0 amide bonds. The van der Waals surface area contributed by atoms with Crippen LogP contribution in [0.3, 0.4) is 0 Å². The zero-order chi connectivity index (χ0) is 14.2. The first-order valence-electron chi connectivity index (χ1n) is 7.55. The van der Waals surface area contributed by atoms with Crippen molar-refractivity contribution >= 4 is 17.8 Å². The fourth-order valence-corrected chi connectivity index (χ4v) is 2.32. The number of hydrazine groups is 1. The van der Waals surface area contributed by atoms with Gasteiger partial charge in [0.25, 0.3) is 0 Å². The quantitative estimate of drug-likeness (QED) is 0.379. The second-order valence-corrected chi connectivity index (χ2v) is 5.11. The number of hydrogen-bond acceptors (Lipinski definition) is 7. The molecule has 1 fully saturated rings. The number of rotatable bonds is 8. The van der Waals surface area contributed by atoms with Crippen molar-refractivity contribution in [3.63, 3.8) is 0 Å². The van der Waals surface area contributed by atoms with Crippen molar-refractivity contribution in [2.75, 3.05) is 35.3 Å². The summed E-state index contributed by atoms with van der Waals surface area (Å²) >= 11 is 0. The second kappa shape index (κ2) is 7.84. The van der Waals surface area contributed by atoms with Crippen LogP contribution in [-0.4, -0.2) is 34.6 Å². The Labute approximate surface area is 120 Å². The molecule has 0 radical (unpaired) electrons. The Kier molecular flexibility index (Phi) is 5.79. The van der Waals surface area contributed by atoms with Crippen molar-refractivity contribution in [3.05, 3.63) is 0 Å². The maximum Gasteiger partial charge on any atom is 0.243 e. The van der Waals surface area contributed by atoms with E-state index in [4.69, 9.17) is 5.84 Å². The van der Waals surface area contributed by atoms with Crippen molar-refractivity contribution in [1.82, 2.24) is 15.0 Å². The first kappa shape index (κ1) is 14.8. The molecule has 0 spiro atoms. The van der Waals surface area contributed by atoms with Gasteiger partial charge < -0.3 is 10.2 Å². The van der Waals surface area contributed by atoms with E-state index in [2.05, 4.69) is 37.5 Å². The van der Waals surface area contributed by atoms with E-state index in [1.807, 2.05) is 0 Å². The van der Waals surface area contributed by atoms with Crippen LogP contribution in [0.5, 0.6) is 0 Å². The van der Waals surface area contributed by atoms with Crippen molar-refractivity contribution in [2.24, 2.45) is 5.84 Å². The van der Waals surface area contributed by atoms with Crippen molar-refractivity contribution < 1.29 is 0 Å². The molecule has 1 aromatic rings. The monoisotopic (exact) mass is 279 g/mol. The van der Waals surface area contributed by atoms with E-state index in [1.54, 1.807) is 0 Å². The molecule has 2 rings (SSSR count). The average Bonchev–Trinajstić information content (AvgIpc) is 3.01. The van der Waals surface area contributed by atoms with Gasteiger partial charge in [-0.1, -0.05) is 26.2 Å². The van der Waals surface area contributed by atoms with Crippen molar-refractivity contribution in [3.8, 4) is 0 Å². The van der Waals surface area contributed by atoms with E-state index in [-0.39, 0.29) is 0 Å². The van der Waals surface area contributed by atoms with Gasteiger partial charge in [-0.2, -0.15) is 15.0 Å². The van der Waals surface area contributed by atoms with Gasteiger partial charge in [0.1, 0.15) is 0 Å².